The first-order chi connectivity index (χ1) is 12.6. The van der Waals surface area contributed by atoms with Crippen molar-refractivity contribution in [3.63, 3.8) is 0 Å². The molecule has 27 heavy (non-hydrogen) atoms. The van der Waals surface area contributed by atoms with Crippen molar-refractivity contribution in [1.82, 2.24) is 9.21 Å². The van der Waals surface area contributed by atoms with Crippen molar-refractivity contribution < 1.29 is 13.2 Å². The largest absolute Gasteiger partial charge is 0.341 e. The molecule has 1 aromatic rings. The van der Waals surface area contributed by atoms with Gasteiger partial charge in [0.25, 0.3) is 0 Å². The highest BCUT2D eigenvalue weighted by molar-refractivity contribution is 7.89. The van der Waals surface area contributed by atoms with E-state index in [2.05, 4.69) is 33.4 Å². The average Bonchev–Trinajstić information content (AvgIpc) is 3.04. The molecule has 1 amide bonds. The molecule has 0 aliphatic carbocycles. The fraction of sp³-hybridized carbons (Fsp3) is 0.650. The molecule has 2 aliphatic heterocycles. The average molecular weight is 411 g/mol. The van der Waals surface area contributed by atoms with Crippen molar-refractivity contribution in [2.45, 2.75) is 68.1 Å². The van der Waals surface area contributed by atoms with Crippen LogP contribution in [0.25, 0.3) is 0 Å². The fourth-order valence-electron chi connectivity index (χ4n) is 3.86. The van der Waals surface area contributed by atoms with Gasteiger partial charge in [0, 0.05) is 24.9 Å². The summed E-state index contributed by atoms with van der Waals surface area (Å²) in [5.41, 5.74) is 1.04. The number of benzene rings is 1. The summed E-state index contributed by atoms with van der Waals surface area (Å²) in [5, 5.41) is -0.118. The van der Waals surface area contributed by atoms with E-state index in [1.807, 2.05) is 17.0 Å². The molecule has 5 nitrogen and oxygen atoms in total. The van der Waals surface area contributed by atoms with Crippen LogP contribution in [0.3, 0.4) is 0 Å². The SMILES string of the molecule is CC(C)(C)c1ccc(S(=O)(=O)N2CC(S)CC2C(=O)N2CCCCC2)cc1. The molecule has 0 aromatic heterocycles. The highest BCUT2D eigenvalue weighted by Crippen LogP contribution is 2.31. The molecule has 150 valence electrons. The van der Waals surface area contributed by atoms with Gasteiger partial charge >= 0.3 is 0 Å². The van der Waals surface area contributed by atoms with Crippen molar-refractivity contribution in [2.24, 2.45) is 0 Å². The Morgan fingerprint density at radius 2 is 1.67 bits per heavy atom. The summed E-state index contributed by atoms with van der Waals surface area (Å²) in [7, 11) is -3.73. The van der Waals surface area contributed by atoms with Gasteiger partial charge in [-0.05, 0) is 48.8 Å². The summed E-state index contributed by atoms with van der Waals surface area (Å²) in [6.07, 6.45) is 3.58. The Labute approximate surface area is 168 Å². The Bertz CT molecular complexity index is 778. The summed E-state index contributed by atoms with van der Waals surface area (Å²) in [6.45, 7) is 8.00. The van der Waals surface area contributed by atoms with Crippen LogP contribution in [0.1, 0.15) is 52.0 Å². The van der Waals surface area contributed by atoms with Crippen molar-refractivity contribution in [1.29, 1.82) is 0 Å². The maximum absolute atomic E-state index is 13.3. The smallest absolute Gasteiger partial charge is 0.243 e. The Morgan fingerprint density at radius 3 is 2.22 bits per heavy atom. The lowest BCUT2D eigenvalue weighted by atomic mass is 9.87. The van der Waals surface area contributed by atoms with Crippen molar-refractivity contribution >= 4 is 28.6 Å². The summed E-state index contributed by atoms with van der Waals surface area (Å²) < 4.78 is 27.9. The predicted octanol–water partition coefficient (Wildman–Crippen LogP) is 3.06. The lowest BCUT2D eigenvalue weighted by Gasteiger charge is -2.32. The second kappa shape index (κ2) is 7.76. The van der Waals surface area contributed by atoms with E-state index in [1.54, 1.807) is 12.1 Å². The molecule has 2 aliphatic rings. The van der Waals surface area contributed by atoms with Gasteiger partial charge < -0.3 is 4.90 Å². The first-order valence-corrected chi connectivity index (χ1v) is 11.7. The van der Waals surface area contributed by atoms with Crippen molar-refractivity contribution in [2.75, 3.05) is 19.6 Å². The quantitative estimate of drug-likeness (QED) is 0.779. The van der Waals surface area contributed by atoms with Gasteiger partial charge in [-0.3, -0.25) is 4.79 Å². The molecule has 2 heterocycles. The Morgan fingerprint density at radius 1 is 1.07 bits per heavy atom. The van der Waals surface area contributed by atoms with Crippen LogP contribution >= 0.6 is 12.6 Å². The van der Waals surface area contributed by atoms with E-state index in [4.69, 9.17) is 0 Å². The third kappa shape index (κ3) is 4.35. The molecule has 2 atom stereocenters. The highest BCUT2D eigenvalue weighted by Gasteiger charge is 2.44. The minimum Gasteiger partial charge on any atom is -0.341 e. The number of nitrogens with zero attached hydrogens (tertiary/aromatic N) is 2. The van der Waals surface area contributed by atoms with Crippen LogP contribution < -0.4 is 0 Å². The fourth-order valence-corrected chi connectivity index (χ4v) is 5.99. The second-order valence-electron chi connectivity index (χ2n) is 8.64. The molecule has 2 unspecified atom stereocenters. The minimum atomic E-state index is -3.73. The van der Waals surface area contributed by atoms with Gasteiger partial charge in [0.05, 0.1) is 4.90 Å². The van der Waals surface area contributed by atoms with Gasteiger partial charge in [-0.1, -0.05) is 32.9 Å². The number of carbonyl (C=O) groups is 1. The Hall–Kier alpha value is -1.05. The molecule has 2 saturated heterocycles. The lowest BCUT2D eigenvalue weighted by molar-refractivity contribution is -0.135. The number of thiol groups is 1. The molecule has 7 heteroatoms. The number of piperidine rings is 1. The topological polar surface area (TPSA) is 57.7 Å². The van der Waals surface area contributed by atoms with Gasteiger partial charge in [0.15, 0.2) is 0 Å². The first kappa shape index (κ1) is 20.7. The standard InChI is InChI=1S/C20H30N2O3S2/c1-20(2,3)15-7-9-17(10-8-15)27(24,25)22-14-16(26)13-18(22)19(23)21-11-5-4-6-12-21/h7-10,16,18,26H,4-6,11-14H2,1-3H3. The van der Waals surface area contributed by atoms with E-state index < -0.39 is 16.1 Å². The second-order valence-corrected chi connectivity index (χ2v) is 11.3. The zero-order valence-corrected chi connectivity index (χ0v) is 18.1. The molecule has 0 radical (unpaired) electrons. The number of likely N-dealkylation sites (tertiary alicyclic amines) is 1. The molecule has 2 fully saturated rings. The molecular weight excluding hydrogens is 380 g/mol. The highest BCUT2D eigenvalue weighted by atomic mass is 32.2. The van der Waals surface area contributed by atoms with Crippen LogP contribution in [0.4, 0.5) is 0 Å². The van der Waals surface area contributed by atoms with E-state index in [9.17, 15) is 13.2 Å². The number of hydrogen-bond donors (Lipinski definition) is 1. The monoisotopic (exact) mass is 410 g/mol. The zero-order chi connectivity index (χ0) is 19.8. The molecule has 0 spiro atoms. The maximum Gasteiger partial charge on any atom is 0.243 e. The van der Waals surface area contributed by atoms with Crippen LogP contribution in [-0.4, -0.2) is 54.5 Å². The predicted molar refractivity (Wildman–Crippen MR) is 111 cm³/mol. The normalized spacial score (nSPS) is 25.0. The van der Waals surface area contributed by atoms with Crippen LogP contribution in [0.2, 0.25) is 0 Å². The number of amides is 1. The maximum atomic E-state index is 13.3. The van der Waals surface area contributed by atoms with E-state index in [-0.39, 0.29) is 28.0 Å². The van der Waals surface area contributed by atoms with Crippen molar-refractivity contribution in [3.8, 4) is 0 Å². The van der Waals surface area contributed by atoms with E-state index in [0.29, 0.717) is 6.42 Å². The van der Waals surface area contributed by atoms with Gasteiger partial charge in [-0.25, -0.2) is 8.42 Å². The van der Waals surface area contributed by atoms with Gasteiger partial charge in [-0.15, -0.1) is 0 Å². The summed E-state index contributed by atoms with van der Waals surface area (Å²) in [5.74, 6) is -0.0684. The lowest BCUT2D eigenvalue weighted by Crippen LogP contribution is -2.49. The minimum absolute atomic E-state index is 0.0428. The van der Waals surface area contributed by atoms with E-state index in [1.165, 1.54) is 4.31 Å². The van der Waals surface area contributed by atoms with Crippen LogP contribution in [0.15, 0.2) is 29.2 Å². The molecule has 0 saturated carbocycles. The van der Waals surface area contributed by atoms with E-state index in [0.717, 1.165) is 37.9 Å². The van der Waals surface area contributed by atoms with Crippen LogP contribution in [0.5, 0.6) is 0 Å². The summed E-state index contributed by atoms with van der Waals surface area (Å²) >= 11 is 4.49. The molecule has 1 aromatic carbocycles. The molecular formula is C20H30N2O3S2. The number of carbonyl (C=O) groups excluding carboxylic acids is 1. The van der Waals surface area contributed by atoms with Crippen LogP contribution in [0, 0.1) is 0 Å². The van der Waals surface area contributed by atoms with Gasteiger partial charge in [0.2, 0.25) is 15.9 Å². The third-order valence-electron chi connectivity index (χ3n) is 5.51. The Kier molecular flexibility index (Phi) is 5.94. The van der Waals surface area contributed by atoms with Gasteiger partial charge in [0.1, 0.15) is 6.04 Å². The summed E-state index contributed by atoms with van der Waals surface area (Å²) in [4.78, 5) is 15.1. The molecule has 0 bridgehead atoms. The van der Waals surface area contributed by atoms with E-state index >= 15 is 0 Å². The van der Waals surface area contributed by atoms with Crippen LogP contribution in [-0.2, 0) is 20.2 Å². The first-order valence-electron chi connectivity index (χ1n) is 9.70. The number of rotatable bonds is 3. The van der Waals surface area contributed by atoms with Crippen molar-refractivity contribution in [3.05, 3.63) is 29.8 Å². The molecule has 0 N–H and O–H groups in total. The summed E-state index contributed by atoms with van der Waals surface area (Å²) in [6, 6.07) is 6.40. The Balaban J connectivity index is 1.86. The number of sulfonamides is 1. The molecule has 3 rings (SSSR count). The third-order valence-corrected chi connectivity index (χ3v) is 7.78. The zero-order valence-electron chi connectivity index (χ0n) is 16.4. The van der Waals surface area contributed by atoms with Gasteiger partial charge in [-0.2, -0.15) is 16.9 Å². The number of hydrogen-bond acceptors (Lipinski definition) is 4.